The van der Waals surface area contributed by atoms with Gasteiger partial charge in [0.15, 0.2) is 5.78 Å². The minimum absolute atomic E-state index is 0.0106. The van der Waals surface area contributed by atoms with Crippen LogP contribution in [0.1, 0.15) is 106 Å². The molecule has 1 atom stereocenters. The standard InChI is InChI=1S/C47H51N9O8/c1-5-56-40(23-36(53-56)28-9-10-28)50-44-42-34-19-25(2)33(41-26(3)54-64-27(41)4)22-37(34)49-43(42)51-45(52-44)46(60)48-14-16-63-18-17-62-15-13-31(58)20-29-7-6-8-32-35(29)24-55(47(32)61)38-12-11-30(57)21-39(38)59/h6-8,19,22-23,28,38H,5,9-18,20-21,24H2,1-4H3,(H,48,60)(H2,49,50,51,52). The van der Waals surface area contributed by atoms with E-state index < -0.39 is 11.9 Å². The molecule has 9 rings (SSSR count). The molecule has 1 aliphatic heterocycles. The summed E-state index contributed by atoms with van der Waals surface area (Å²) in [4.78, 5) is 78.4. The highest BCUT2D eigenvalue weighted by Crippen LogP contribution is 2.41. The summed E-state index contributed by atoms with van der Waals surface area (Å²) in [7, 11) is 0. The number of carbonyl (C=O) groups is 5. The lowest BCUT2D eigenvalue weighted by molar-refractivity contribution is -0.133. The largest absolute Gasteiger partial charge is 0.379 e. The molecular weight excluding hydrogens is 819 g/mol. The lowest BCUT2D eigenvalue weighted by atomic mass is 9.92. The fourth-order valence-corrected chi connectivity index (χ4v) is 8.91. The molecule has 3 aliphatic rings. The Hall–Kier alpha value is -6.59. The van der Waals surface area contributed by atoms with E-state index in [0.29, 0.717) is 35.9 Å². The molecule has 0 spiro atoms. The topological polar surface area (TPSA) is 217 Å². The summed E-state index contributed by atoms with van der Waals surface area (Å²) in [6, 6.07) is 10.9. The van der Waals surface area contributed by atoms with Gasteiger partial charge in [0.05, 0.1) is 55.7 Å². The van der Waals surface area contributed by atoms with Gasteiger partial charge in [0.25, 0.3) is 11.8 Å². The summed E-state index contributed by atoms with van der Waals surface area (Å²) in [5, 5.41) is 17.0. The number of aryl methyl sites for hydroxylation is 4. The fraction of sp³-hybridized carbons (Fsp3) is 0.426. The Labute approximate surface area is 368 Å². The molecule has 0 bridgehead atoms. The number of benzene rings is 2. The van der Waals surface area contributed by atoms with Crippen molar-refractivity contribution < 1.29 is 38.0 Å². The van der Waals surface area contributed by atoms with Crippen molar-refractivity contribution in [2.75, 3.05) is 38.3 Å². The van der Waals surface area contributed by atoms with E-state index in [1.165, 1.54) is 0 Å². The van der Waals surface area contributed by atoms with Crippen LogP contribution in [0.15, 0.2) is 40.9 Å². The molecule has 0 radical (unpaired) electrons. The number of H-pyrrole nitrogens is 1. The van der Waals surface area contributed by atoms with Crippen LogP contribution in [0.4, 0.5) is 11.6 Å². The van der Waals surface area contributed by atoms with E-state index in [4.69, 9.17) is 29.1 Å². The highest BCUT2D eigenvalue weighted by atomic mass is 16.5. The number of nitrogens with one attached hydrogen (secondary N) is 3. The number of ketones is 3. The number of hydrogen-bond acceptors (Lipinski definition) is 13. The molecule has 3 N–H and O–H groups in total. The smallest absolute Gasteiger partial charge is 0.289 e. The molecule has 1 unspecified atom stereocenters. The van der Waals surface area contributed by atoms with E-state index in [1.54, 1.807) is 17.0 Å². The molecule has 2 aliphatic carbocycles. The number of rotatable bonds is 18. The Morgan fingerprint density at radius 2 is 1.78 bits per heavy atom. The van der Waals surface area contributed by atoms with Crippen LogP contribution in [-0.2, 0) is 43.4 Å². The van der Waals surface area contributed by atoms with Crippen LogP contribution >= 0.6 is 0 Å². The quantitative estimate of drug-likeness (QED) is 0.0654. The zero-order chi connectivity index (χ0) is 44.6. The van der Waals surface area contributed by atoms with Crippen molar-refractivity contribution in [3.63, 3.8) is 0 Å². The van der Waals surface area contributed by atoms with Crippen molar-refractivity contribution in [2.45, 2.75) is 97.7 Å². The molecule has 332 valence electrons. The van der Waals surface area contributed by atoms with E-state index in [2.05, 4.69) is 39.0 Å². The van der Waals surface area contributed by atoms with Gasteiger partial charge in [0, 0.05) is 72.9 Å². The monoisotopic (exact) mass is 869 g/mol. The molecule has 2 aromatic carbocycles. The van der Waals surface area contributed by atoms with E-state index in [1.807, 2.05) is 38.4 Å². The SMILES string of the molecule is CCn1nc(C2CC2)cc1Nc1nc(C(=O)NCCOCCOCCC(=O)Cc2cccc3c2CN(C2CCC(=O)CC2=O)C3=O)nc2[nH]c3cc(-c4c(C)noc4C)c(C)cc3c12. The number of aromatic amines is 1. The van der Waals surface area contributed by atoms with Crippen LogP contribution in [0, 0.1) is 20.8 Å². The third-order valence-corrected chi connectivity index (χ3v) is 12.4. The van der Waals surface area contributed by atoms with Crippen LogP contribution in [0.25, 0.3) is 33.1 Å². The molecule has 2 amide bonds. The molecule has 64 heavy (non-hydrogen) atoms. The van der Waals surface area contributed by atoms with Gasteiger partial charge in [-0.2, -0.15) is 5.10 Å². The molecule has 2 saturated carbocycles. The summed E-state index contributed by atoms with van der Waals surface area (Å²) in [5.74, 6) is 1.40. The normalized spacial score (nSPS) is 16.3. The van der Waals surface area contributed by atoms with Crippen molar-refractivity contribution in [3.05, 3.63) is 81.6 Å². The van der Waals surface area contributed by atoms with E-state index in [0.717, 1.165) is 79.9 Å². The second-order valence-electron chi connectivity index (χ2n) is 16.9. The summed E-state index contributed by atoms with van der Waals surface area (Å²) < 4.78 is 18.8. The molecular formula is C47H51N9O8. The molecule has 6 aromatic rings. The average Bonchev–Trinajstić information content (AvgIpc) is 3.66. The molecule has 5 heterocycles. The summed E-state index contributed by atoms with van der Waals surface area (Å²) in [5.41, 5.74) is 8.15. The first-order valence-corrected chi connectivity index (χ1v) is 22.0. The highest BCUT2D eigenvalue weighted by Gasteiger charge is 2.40. The van der Waals surface area contributed by atoms with Crippen LogP contribution in [0.2, 0.25) is 0 Å². The number of amides is 2. The Morgan fingerprint density at radius 3 is 2.53 bits per heavy atom. The number of aromatic nitrogens is 6. The van der Waals surface area contributed by atoms with Gasteiger partial charge < -0.3 is 34.5 Å². The van der Waals surface area contributed by atoms with Crippen LogP contribution in [0.5, 0.6) is 0 Å². The van der Waals surface area contributed by atoms with Gasteiger partial charge in [-0.3, -0.25) is 24.0 Å². The minimum atomic E-state index is -0.609. The third-order valence-electron chi connectivity index (χ3n) is 12.4. The maximum absolute atomic E-state index is 13.6. The average molecular weight is 870 g/mol. The molecule has 4 aromatic heterocycles. The van der Waals surface area contributed by atoms with Gasteiger partial charge in [0.2, 0.25) is 5.82 Å². The third kappa shape index (κ3) is 8.56. The lowest BCUT2D eigenvalue weighted by Crippen LogP contribution is -2.44. The van der Waals surface area contributed by atoms with Gasteiger partial charge in [-0.25, -0.2) is 14.6 Å². The van der Waals surface area contributed by atoms with Crippen molar-refractivity contribution in [1.29, 1.82) is 0 Å². The molecule has 17 nitrogen and oxygen atoms in total. The van der Waals surface area contributed by atoms with Crippen LogP contribution < -0.4 is 10.6 Å². The van der Waals surface area contributed by atoms with Gasteiger partial charge in [-0.1, -0.05) is 17.3 Å². The van der Waals surface area contributed by atoms with Crippen molar-refractivity contribution in [1.82, 2.24) is 40.1 Å². The van der Waals surface area contributed by atoms with Crippen molar-refractivity contribution in [3.8, 4) is 11.1 Å². The van der Waals surface area contributed by atoms with Gasteiger partial charge in [0.1, 0.15) is 34.6 Å². The predicted octanol–water partition coefficient (Wildman–Crippen LogP) is 6.14. The van der Waals surface area contributed by atoms with Crippen LogP contribution in [-0.4, -0.2) is 103 Å². The zero-order valence-electron chi connectivity index (χ0n) is 36.5. The Morgan fingerprint density at radius 1 is 0.969 bits per heavy atom. The lowest BCUT2D eigenvalue weighted by Gasteiger charge is -2.29. The minimum Gasteiger partial charge on any atom is -0.379 e. The predicted molar refractivity (Wildman–Crippen MR) is 236 cm³/mol. The highest BCUT2D eigenvalue weighted by molar-refractivity contribution is 6.14. The van der Waals surface area contributed by atoms with Crippen molar-refractivity contribution >= 4 is 62.7 Å². The first-order chi connectivity index (χ1) is 31.0. The molecule has 17 heteroatoms. The maximum Gasteiger partial charge on any atom is 0.289 e. The zero-order valence-corrected chi connectivity index (χ0v) is 36.5. The van der Waals surface area contributed by atoms with Crippen LogP contribution in [0.3, 0.4) is 0 Å². The van der Waals surface area contributed by atoms with Crippen molar-refractivity contribution in [2.24, 2.45) is 0 Å². The number of hydrogen-bond donors (Lipinski definition) is 3. The Kier molecular flexibility index (Phi) is 11.9. The van der Waals surface area contributed by atoms with E-state index in [-0.39, 0.29) is 94.3 Å². The first-order valence-electron chi connectivity index (χ1n) is 22.0. The van der Waals surface area contributed by atoms with E-state index >= 15 is 0 Å². The summed E-state index contributed by atoms with van der Waals surface area (Å²) in [6.07, 6.45) is 3.05. The number of Topliss-reactive ketones (excluding diaryl/α,β-unsaturated/α-hetero) is 3. The van der Waals surface area contributed by atoms with Gasteiger partial charge in [-0.15, -0.1) is 0 Å². The summed E-state index contributed by atoms with van der Waals surface area (Å²) >= 11 is 0. The maximum atomic E-state index is 13.6. The fourth-order valence-electron chi connectivity index (χ4n) is 8.91. The molecule has 2 fully saturated rings. The number of carbonyl (C=O) groups excluding carboxylic acids is 5. The van der Waals surface area contributed by atoms with Gasteiger partial charge in [-0.05, 0) is 87.4 Å². The van der Waals surface area contributed by atoms with Gasteiger partial charge >= 0.3 is 0 Å². The summed E-state index contributed by atoms with van der Waals surface area (Å²) in [6.45, 7) is 9.95. The second-order valence-corrected chi connectivity index (χ2v) is 16.9. The number of ether oxygens (including phenoxy) is 2. The number of anilines is 2. The second kappa shape index (κ2) is 17.9. The number of fused-ring (bicyclic) bond motifs is 4. The molecule has 0 saturated heterocycles. The Balaban J connectivity index is 0.785. The first kappa shape index (κ1) is 42.7. The Bertz CT molecular complexity index is 2820. The van der Waals surface area contributed by atoms with E-state index in [9.17, 15) is 24.0 Å². The number of nitrogens with zero attached hydrogens (tertiary/aromatic N) is 6.